The second kappa shape index (κ2) is 5.84. The highest BCUT2D eigenvalue weighted by molar-refractivity contribution is 6.34. The first-order valence-electron chi connectivity index (χ1n) is 6.49. The fraction of sp³-hybridized carbons (Fsp3) is 0.0588. The van der Waals surface area contributed by atoms with Crippen LogP contribution in [0.25, 0.3) is 23.1 Å². The lowest BCUT2D eigenvalue weighted by molar-refractivity contribution is 1.18. The zero-order chi connectivity index (χ0) is 14.8. The summed E-state index contributed by atoms with van der Waals surface area (Å²) in [5, 5.41) is 2.06. The Balaban J connectivity index is 1.97. The van der Waals surface area contributed by atoms with Crippen molar-refractivity contribution in [3.63, 3.8) is 0 Å². The van der Waals surface area contributed by atoms with Gasteiger partial charge in [0.1, 0.15) is 5.15 Å². The quantitative estimate of drug-likeness (QED) is 0.590. The van der Waals surface area contributed by atoms with Gasteiger partial charge in [-0.15, -0.1) is 0 Å². The number of aryl methyl sites for hydroxylation is 1. The van der Waals surface area contributed by atoms with Crippen molar-refractivity contribution < 1.29 is 0 Å². The highest BCUT2D eigenvalue weighted by Crippen LogP contribution is 2.22. The van der Waals surface area contributed by atoms with E-state index in [9.17, 15) is 0 Å². The monoisotopic (exact) mass is 314 g/mol. The van der Waals surface area contributed by atoms with E-state index in [2.05, 4.69) is 9.97 Å². The Morgan fingerprint density at radius 1 is 0.905 bits per heavy atom. The summed E-state index contributed by atoms with van der Waals surface area (Å²) < 4.78 is 0. The van der Waals surface area contributed by atoms with Gasteiger partial charge in [-0.3, -0.25) is 0 Å². The Hall–Kier alpha value is -1.90. The van der Waals surface area contributed by atoms with Crippen LogP contribution >= 0.6 is 23.2 Å². The summed E-state index contributed by atoms with van der Waals surface area (Å²) in [6.45, 7) is 2.02. The van der Waals surface area contributed by atoms with Crippen molar-refractivity contribution in [3.8, 4) is 0 Å². The molecule has 21 heavy (non-hydrogen) atoms. The maximum atomic E-state index is 6.23. The minimum atomic E-state index is 0.472. The average Bonchev–Trinajstić information content (AvgIpc) is 2.47. The summed E-state index contributed by atoms with van der Waals surface area (Å²) in [5.41, 5.74) is 3.01. The predicted molar refractivity (Wildman–Crippen MR) is 89.7 cm³/mol. The van der Waals surface area contributed by atoms with Crippen LogP contribution in [0.5, 0.6) is 0 Å². The fourth-order valence-electron chi connectivity index (χ4n) is 2.04. The van der Waals surface area contributed by atoms with E-state index in [1.54, 1.807) is 0 Å². The van der Waals surface area contributed by atoms with Crippen LogP contribution in [-0.4, -0.2) is 9.97 Å². The number of rotatable bonds is 2. The predicted octanol–water partition coefficient (Wildman–Crippen LogP) is 5.42. The van der Waals surface area contributed by atoms with Gasteiger partial charge >= 0.3 is 0 Å². The summed E-state index contributed by atoms with van der Waals surface area (Å²) in [7, 11) is 0. The van der Waals surface area contributed by atoms with E-state index >= 15 is 0 Å². The van der Waals surface area contributed by atoms with Crippen molar-refractivity contribution in [2.75, 3.05) is 0 Å². The maximum absolute atomic E-state index is 6.23. The van der Waals surface area contributed by atoms with Crippen LogP contribution in [0.2, 0.25) is 10.2 Å². The van der Waals surface area contributed by atoms with Crippen LogP contribution in [0.4, 0.5) is 0 Å². The van der Waals surface area contributed by atoms with E-state index in [4.69, 9.17) is 23.2 Å². The van der Waals surface area contributed by atoms with Crippen LogP contribution in [-0.2, 0) is 0 Å². The van der Waals surface area contributed by atoms with Crippen molar-refractivity contribution in [3.05, 3.63) is 69.6 Å². The third kappa shape index (κ3) is 3.23. The third-order valence-corrected chi connectivity index (χ3v) is 3.66. The van der Waals surface area contributed by atoms with E-state index in [0.717, 1.165) is 22.0 Å². The number of aromatic nitrogens is 2. The van der Waals surface area contributed by atoms with Crippen LogP contribution in [0.15, 0.2) is 42.5 Å². The van der Waals surface area contributed by atoms with Gasteiger partial charge in [0.25, 0.3) is 0 Å². The van der Waals surface area contributed by atoms with Gasteiger partial charge in [0.15, 0.2) is 5.82 Å². The van der Waals surface area contributed by atoms with Gasteiger partial charge in [-0.2, -0.15) is 0 Å². The molecule has 1 heterocycles. The second-order valence-electron chi connectivity index (χ2n) is 4.78. The molecule has 3 rings (SSSR count). The van der Waals surface area contributed by atoms with Crippen LogP contribution in [0.3, 0.4) is 0 Å². The number of benzene rings is 2. The Kier molecular flexibility index (Phi) is 3.91. The number of hydrogen-bond acceptors (Lipinski definition) is 2. The molecule has 0 fully saturated rings. The summed E-state index contributed by atoms with van der Waals surface area (Å²) >= 11 is 12.1. The van der Waals surface area contributed by atoms with E-state index in [0.29, 0.717) is 16.0 Å². The molecule has 0 unspecified atom stereocenters. The molecule has 3 aromatic rings. The zero-order valence-corrected chi connectivity index (χ0v) is 12.9. The fourth-order valence-corrected chi connectivity index (χ4v) is 2.40. The number of hydrogen-bond donors (Lipinski definition) is 0. The molecule has 0 amide bonds. The summed E-state index contributed by atoms with van der Waals surface area (Å²) in [5.74, 6) is 0.589. The van der Waals surface area contributed by atoms with Crippen molar-refractivity contribution in [2.45, 2.75) is 6.92 Å². The Morgan fingerprint density at radius 3 is 2.43 bits per heavy atom. The highest BCUT2D eigenvalue weighted by atomic mass is 35.5. The molecule has 104 valence electrons. The van der Waals surface area contributed by atoms with Gasteiger partial charge in [0.05, 0.1) is 5.52 Å². The van der Waals surface area contributed by atoms with Crippen molar-refractivity contribution in [2.24, 2.45) is 0 Å². The average molecular weight is 315 g/mol. The molecule has 2 nitrogen and oxygen atoms in total. The van der Waals surface area contributed by atoms with E-state index in [-0.39, 0.29) is 0 Å². The molecule has 0 atom stereocenters. The molecule has 0 bridgehead atoms. The Bertz CT molecular complexity index is 824. The van der Waals surface area contributed by atoms with Crippen molar-refractivity contribution in [1.82, 2.24) is 9.97 Å². The number of fused-ring (bicyclic) bond motifs is 1. The van der Waals surface area contributed by atoms with Gasteiger partial charge < -0.3 is 0 Å². The molecule has 0 radical (unpaired) electrons. The molecule has 0 saturated heterocycles. The first kappa shape index (κ1) is 14.1. The lowest BCUT2D eigenvalue weighted by Crippen LogP contribution is -1.91. The van der Waals surface area contributed by atoms with Crippen LogP contribution < -0.4 is 0 Å². The largest absolute Gasteiger partial charge is 0.229 e. The van der Waals surface area contributed by atoms with Crippen LogP contribution in [0, 0.1) is 6.92 Å². The molecule has 0 saturated carbocycles. The molecule has 0 aliphatic carbocycles. The lowest BCUT2D eigenvalue weighted by Gasteiger charge is -2.02. The second-order valence-corrected chi connectivity index (χ2v) is 5.57. The topological polar surface area (TPSA) is 25.8 Å². The molecule has 2 aromatic carbocycles. The maximum Gasteiger partial charge on any atom is 0.154 e. The van der Waals surface area contributed by atoms with Crippen molar-refractivity contribution >= 4 is 46.3 Å². The van der Waals surface area contributed by atoms with Crippen LogP contribution in [0.1, 0.15) is 17.0 Å². The molecular weight excluding hydrogens is 303 g/mol. The Labute approximate surface area is 133 Å². The molecule has 0 aliphatic rings. The summed E-state index contributed by atoms with van der Waals surface area (Å²) in [6.07, 6.45) is 3.77. The van der Waals surface area contributed by atoms with Gasteiger partial charge in [0, 0.05) is 10.4 Å². The molecule has 0 spiro atoms. The Morgan fingerprint density at radius 2 is 1.67 bits per heavy atom. The van der Waals surface area contributed by atoms with Gasteiger partial charge in [-0.1, -0.05) is 53.0 Å². The normalized spacial score (nSPS) is 11.4. The standard InChI is InChI=1S/C17H12Cl2N2/c1-11-2-8-15-14(10-11)17(19)21-16(20-15)9-5-12-3-6-13(18)7-4-12/h2-10H,1H3/b9-5+. The molecule has 0 aliphatic heterocycles. The highest BCUT2D eigenvalue weighted by Gasteiger charge is 2.04. The van der Waals surface area contributed by atoms with E-state index in [1.165, 1.54) is 0 Å². The van der Waals surface area contributed by atoms with Gasteiger partial charge in [-0.25, -0.2) is 9.97 Å². The van der Waals surface area contributed by atoms with E-state index < -0.39 is 0 Å². The first-order valence-corrected chi connectivity index (χ1v) is 7.25. The van der Waals surface area contributed by atoms with Gasteiger partial charge in [-0.05, 0) is 42.8 Å². The van der Waals surface area contributed by atoms with E-state index in [1.807, 2.05) is 61.5 Å². The SMILES string of the molecule is Cc1ccc2nc(/C=C/c3ccc(Cl)cc3)nc(Cl)c2c1. The summed E-state index contributed by atoms with van der Waals surface area (Å²) in [6, 6.07) is 13.5. The van der Waals surface area contributed by atoms with Gasteiger partial charge in [0.2, 0.25) is 0 Å². The first-order chi connectivity index (χ1) is 10.1. The number of nitrogens with zero attached hydrogens (tertiary/aromatic N) is 2. The molecular formula is C17H12Cl2N2. The number of halogens is 2. The zero-order valence-electron chi connectivity index (χ0n) is 11.3. The lowest BCUT2D eigenvalue weighted by atomic mass is 10.1. The minimum absolute atomic E-state index is 0.472. The summed E-state index contributed by atoms with van der Waals surface area (Å²) in [4.78, 5) is 8.82. The van der Waals surface area contributed by atoms with Crippen molar-refractivity contribution in [1.29, 1.82) is 0 Å². The third-order valence-electron chi connectivity index (χ3n) is 3.12. The molecule has 0 N–H and O–H groups in total. The minimum Gasteiger partial charge on any atom is -0.229 e. The molecule has 1 aromatic heterocycles. The molecule has 4 heteroatoms. The smallest absolute Gasteiger partial charge is 0.154 e.